The standard InChI is InChI=1S/6FH2O3P.6Fe/c6*1-5(2,3)4;;;;;;/h6*(H2,2,3,4);;;;;;/q;;;;;;6*+2/p-12. The zero-order valence-electron chi connectivity index (χ0n) is 14.4. The molecule has 0 aliphatic carbocycles. The zero-order chi connectivity index (χ0) is 27.0. The fourth-order valence-corrected chi connectivity index (χ4v) is 0. The van der Waals surface area contributed by atoms with Crippen LogP contribution in [0.3, 0.4) is 0 Å². The van der Waals surface area contributed by atoms with Gasteiger partial charge < -0.3 is 86.1 Å². The van der Waals surface area contributed by atoms with E-state index < -0.39 is 47.4 Å². The summed E-state index contributed by atoms with van der Waals surface area (Å²) in [5.41, 5.74) is 0. The average molecular weight is 923 g/mol. The smallest absolute Gasteiger partial charge is 0.786 e. The maximum absolute atomic E-state index is 10.1. The summed E-state index contributed by atoms with van der Waals surface area (Å²) in [4.78, 5) is 101. The molecule has 0 atom stereocenters. The van der Waals surface area contributed by atoms with Crippen molar-refractivity contribution < 1.29 is 214 Å². The minimum atomic E-state index is -5.64. The molecule has 0 amide bonds. The van der Waals surface area contributed by atoms with Gasteiger partial charge >= 0.3 is 102 Å². The summed E-state index contributed by atoms with van der Waals surface area (Å²) < 4.78 is 111. The summed E-state index contributed by atoms with van der Waals surface area (Å²) in [6.07, 6.45) is 0. The van der Waals surface area contributed by atoms with E-state index in [1.54, 1.807) is 0 Å². The maximum atomic E-state index is 10.1. The van der Waals surface area contributed by atoms with Crippen LogP contribution in [-0.4, -0.2) is 0 Å². The van der Waals surface area contributed by atoms with Crippen LogP contribution in [0.4, 0.5) is 25.2 Å². The van der Waals surface area contributed by atoms with E-state index in [2.05, 4.69) is 0 Å². The van der Waals surface area contributed by atoms with Crippen LogP contribution < -0.4 is 58.7 Å². The zero-order valence-corrected chi connectivity index (χ0v) is 26.4. The van der Waals surface area contributed by atoms with E-state index in [9.17, 15) is 25.2 Å². The van der Waals surface area contributed by atoms with Crippen LogP contribution in [0.15, 0.2) is 0 Å². The van der Waals surface area contributed by atoms with Crippen LogP contribution in [0.2, 0.25) is 0 Å². The molecule has 0 aliphatic heterocycles. The van der Waals surface area contributed by atoms with Gasteiger partial charge in [0.05, 0.1) is 0 Å². The fraction of sp³-hybridized carbons (Fsp3) is 0. The Morgan fingerprint density at radius 2 is 0.250 bits per heavy atom. The molecule has 0 aromatic carbocycles. The van der Waals surface area contributed by atoms with Gasteiger partial charge in [0.2, 0.25) is 0 Å². The predicted molar refractivity (Wildman–Crippen MR) is 52.3 cm³/mol. The fourth-order valence-electron chi connectivity index (χ4n) is 0. The molecule has 0 aliphatic rings. The summed E-state index contributed by atoms with van der Waals surface area (Å²) in [6.45, 7) is 0. The van der Waals surface area contributed by atoms with Crippen molar-refractivity contribution in [2.75, 3.05) is 0 Å². The molecule has 0 bridgehead atoms. The van der Waals surface area contributed by atoms with Crippen molar-refractivity contribution >= 4 is 47.4 Å². The van der Waals surface area contributed by atoms with Gasteiger partial charge in [-0.05, 0) is 0 Å². The van der Waals surface area contributed by atoms with Crippen LogP contribution in [0.5, 0.6) is 0 Å². The number of rotatable bonds is 0. The molecule has 0 radical (unpaired) electrons. The second-order valence-corrected chi connectivity index (χ2v) is 7.75. The van der Waals surface area contributed by atoms with Crippen LogP contribution in [0, 0.1) is 0 Å². The van der Waals surface area contributed by atoms with Crippen molar-refractivity contribution in [3.63, 3.8) is 0 Å². The quantitative estimate of drug-likeness (QED) is 0.124. The maximum Gasteiger partial charge on any atom is 2.00 e. The molecule has 36 heavy (non-hydrogen) atoms. The van der Waals surface area contributed by atoms with Crippen LogP contribution in [0.1, 0.15) is 0 Å². The van der Waals surface area contributed by atoms with Crippen molar-refractivity contribution in [1.29, 1.82) is 0 Å². The Kier molecular flexibility index (Phi) is 74.9. The molecular formula is F6Fe6O18P6. The topological polar surface area (TPSA) is 379 Å². The Hall–Kier alpha value is 3.60. The molecule has 0 unspecified atom stereocenters. The van der Waals surface area contributed by atoms with Gasteiger partial charge in [0.15, 0.2) is 0 Å². The van der Waals surface area contributed by atoms with Gasteiger partial charge in [-0.2, -0.15) is 0 Å². The van der Waals surface area contributed by atoms with E-state index in [4.69, 9.17) is 86.1 Å². The molecule has 0 fully saturated rings. The van der Waals surface area contributed by atoms with Crippen molar-refractivity contribution in [1.82, 2.24) is 0 Å². The Bertz CT molecular complexity index is 497. The summed E-state index contributed by atoms with van der Waals surface area (Å²) in [5, 5.41) is 0. The van der Waals surface area contributed by atoms with Gasteiger partial charge in [-0.1, -0.05) is 0 Å². The predicted octanol–water partition coefficient (Wildman–Crippen LogP) is -7.31. The number of hydrogen-bond acceptors (Lipinski definition) is 18. The third kappa shape index (κ3) is 3890. The second kappa shape index (κ2) is 34.8. The summed E-state index contributed by atoms with van der Waals surface area (Å²) in [6, 6.07) is 0. The monoisotopic (exact) mass is 923 g/mol. The molecule has 0 N–H and O–H groups in total. The van der Waals surface area contributed by atoms with Gasteiger partial charge in [-0.3, -0.25) is 0 Å². The third-order valence-electron chi connectivity index (χ3n) is 0. The second-order valence-electron chi connectivity index (χ2n) is 2.58. The van der Waals surface area contributed by atoms with Crippen LogP contribution >= 0.6 is 47.4 Å². The van der Waals surface area contributed by atoms with E-state index in [-0.39, 0.29) is 102 Å². The van der Waals surface area contributed by atoms with E-state index in [1.807, 2.05) is 0 Å². The SMILES string of the molecule is O=P([O-])([O-])F.O=P([O-])([O-])F.O=P([O-])([O-])F.O=P([O-])([O-])F.O=P([O-])([O-])F.O=P([O-])([O-])F.[Fe+2].[Fe+2].[Fe+2].[Fe+2].[Fe+2].[Fe+2]. The minimum Gasteiger partial charge on any atom is -0.786 e. The first kappa shape index (κ1) is 77.5. The molecule has 0 heterocycles. The van der Waals surface area contributed by atoms with E-state index >= 15 is 0 Å². The first-order valence-electron chi connectivity index (χ1n) is 4.30. The molecule has 0 spiro atoms. The Morgan fingerprint density at radius 3 is 0.250 bits per heavy atom. The van der Waals surface area contributed by atoms with E-state index in [0.717, 1.165) is 0 Å². The van der Waals surface area contributed by atoms with Gasteiger partial charge in [0, 0.05) is 0 Å². The van der Waals surface area contributed by atoms with Crippen LogP contribution in [-0.2, 0) is 130 Å². The average Bonchev–Trinajstić information content (AvgIpc) is 1.94. The van der Waals surface area contributed by atoms with Gasteiger partial charge in [-0.15, -0.1) is 0 Å². The first-order valence-corrected chi connectivity index (χ1v) is 12.9. The van der Waals surface area contributed by atoms with Crippen molar-refractivity contribution in [2.45, 2.75) is 0 Å². The largest absolute Gasteiger partial charge is 2.00 e. The molecule has 36 heteroatoms. The number of halogens is 6. The summed E-state index contributed by atoms with van der Waals surface area (Å²) >= 11 is 0. The summed E-state index contributed by atoms with van der Waals surface area (Å²) in [5.74, 6) is 0. The van der Waals surface area contributed by atoms with E-state index in [1.165, 1.54) is 0 Å². The molecule has 0 rings (SSSR count). The summed E-state index contributed by atoms with van der Waals surface area (Å²) in [7, 11) is -33.8. The van der Waals surface area contributed by atoms with Gasteiger partial charge in [-0.25, -0.2) is 25.2 Å². The van der Waals surface area contributed by atoms with Crippen molar-refractivity contribution in [3.8, 4) is 0 Å². The first-order chi connectivity index (χ1) is 12.0. The van der Waals surface area contributed by atoms with Crippen molar-refractivity contribution in [3.05, 3.63) is 0 Å². The van der Waals surface area contributed by atoms with Gasteiger partial charge in [0.1, 0.15) is 47.4 Å². The Balaban J connectivity index is -0.0000000186. The van der Waals surface area contributed by atoms with Crippen molar-refractivity contribution in [2.24, 2.45) is 0 Å². The minimum absolute atomic E-state index is 0. The van der Waals surface area contributed by atoms with Crippen LogP contribution in [0.25, 0.3) is 0 Å². The molecule has 228 valence electrons. The number of hydrogen-bond donors (Lipinski definition) is 0. The molecule has 18 nitrogen and oxygen atoms in total. The van der Waals surface area contributed by atoms with Gasteiger partial charge in [0.25, 0.3) is 0 Å². The Morgan fingerprint density at radius 1 is 0.250 bits per heavy atom. The third-order valence-corrected chi connectivity index (χ3v) is 0. The normalized spacial score (nSPS) is 9.83. The van der Waals surface area contributed by atoms with E-state index in [0.29, 0.717) is 0 Å². The molecule has 0 saturated carbocycles. The molecule has 0 aromatic heterocycles. The molecule has 0 saturated heterocycles. The molecular weight excluding hydrogens is 923 g/mol. The Labute approximate surface area is 259 Å². The molecule has 0 aromatic rings.